The van der Waals surface area contributed by atoms with Gasteiger partial charge in [0.25, 0.3) is 0 Å². The fourth-order valence-corrected chi connectivity index (χ4v) is 1.18. The first-order valence-electron chi connectivity index (χ1n) is 4.22. The Morgan fingerprint density at radius 2 is 1.91 bits per heavy atom. The molecule has 0 aromatic carbocycles. The van der Waals surface area contributed by atoms with Crippen LogP contribution in [0.25, 0.3) is 0 Å². The molecule has 0 saturated heterocycles. The Bertz CT molecular complexity index is 124. The number of nitrogens with one attached hydrogen (secondary N) is 1. The second-order valence-electron chi connectivity index (χ2n) is 3.96. The molecule has 0 saturated carbocycles. The molecule has 0 aromatic rings. The lowest BCUT2D eigenvalue weighted by atomic mass is 10.0. The molecular weight excluding hydrogens is 136 g/mol. The van der Waals surface area contributed by atoms with Gasteiger partial charge in [-0.15, -0.1) is 0 Å². The van der Waals surface area contributed by atoms with Crippen LogP contribution in [0.1, 0.15) is 41.0 Å². The summed E-state index contributed by atoms with van der Waals surface area (Å²) in [6, 6.07) is 0.465. The Morgan fingerprint density at radius 1 is 1.45 bits per heavy atom. The highest BCUT2D eigenvalue weighted by molar-refractivity contribution is 5.52. The van der Waals surface area contributed by atoms with Crippen LogP contribution >= 0.6 is 0 Å². The molecule has 11 heavy (non-hydrogen) atoms. The normalized spacial score (nSPS) is 14.3. The van der Waals surface area contributed by atoms with E-state index in [9.17, 15) is 0 Å². The van der Waals surface area contributed by atoms with Crippen molar-refractivity contribution in [3.05, 3.63) is 0 Å². The molecule has 0 amide bonds. The van der Waals surface area contributed by atoms with E-state index in [4.69, 9.17) is 5.41 Å². The average Bonchev–Trinajstić information content (AvgIpc) is 1.86. The van der Waals surface area contributed by atoms with E-state index in [-0.39, 0.29) is 5.54 Å². The summed E-state index contributed by atoms with van der Waals surface area (Å²) in [6.45, 7) is 10.7. The van der Waals surface area contributed by atoms with Gasteiger partial charge in [-0.25, -0.2) is 0 Å². The van der Waals surface area contributed by atoms with Gasteiger partial charge in [-0.3, -0.25) is 5.41 Å². The standard InChI is InChI=1S/C9H20N2/c1-6-8(2)11(7-10)9(3,4)5/h7-8,10H,6H2,1-5H3. The molecular formula is C9H20N2. The molecule has 0 aliphatic carbocycles. The lowest BCUT2D eigenvalue weighted by Gasteiger charge is -2.38. The van der Waals surface area contributed by atoms with Gasteiger partial charge >= 0.3 is 0 Å². The molecule has 0 aliphatic heterocycles. The second-order valence-corrected chi connectivity index (χ2v) is 3.96. The highest BCUT2D eigenvalue weighted by Crippen LogP contribution is 2.15. The largest absolute Gasteiger partial charge is 0.356 e. The van der Waals surface area contributed by atoms with Crippen molar-refractivity contribution in [2.24, 2.45) is 0 Å². The number of hydrogen-bond acceptors (Lipinski definition) is 1. The Hall–Kier alpha value is -0.530. The molecule has 0 rings (SSSR count). The second kappa shape index (κ2) is 3.74. The third-order valence-electron chi connectivity index (χ3n) is 1.98. The predicted molar refractivity (Wildman–Crippen MR) is 50.1 cm³/mol. The van der Waals surface area contributed by atoms with Crippen LogP contribution in [-0.2, 0) is 0 Å². The zero-order valence-electron chi connectivity index (χ0n) is 8.31. The Labute approximate surface area is 70.1 Å². The summed E-state index contributed by atoms with van der Waals surface area (Å²) < 4.78 is 0. The zero-order valence-corrected chi connectivity index (χ0v) is 8.31. The SMILES string of the molecule is CCC(C)N(C=N)C(C)(C)C. The topological polar surface area (TPSA) is 27.1 Å². The van der Waals surface area contributed by atoms with Gasteiger partial charge in [0, 0.05) is 11.6 Å². The molecule has 1 N–H and O–H groups in total. The van der Waals surface area contributed by atoms with E-state index in [1.54, 1.807) is 0 Å². The van der Waals surface area contributed by atoms with Crippen molar-refractivity contribution in [1.29, 1.82) is 5.41 Å². The summed E-state index contributed by atoms with van der Waals surface area (Å²) in [6.07, 6.45) is 2.53. The summed E-state index contributed by atoms with van der Waals surface area (Å²) in [5.74, 6) is 0. The number of hydrogen-bond donors (Lipinski definition) is 1. The van der Waals surface area contributed by atoms with Crippen molar-refractivity contribution in [2.75, 3.05) is 0 Å². The number of rotatable bonds is 3. The fourth-order valence-electron chi connectivity index (χ4n) is 1.18. The molecule has 2 heteroatoms. The molecule has 0 bridgehead atoms. The predicted octanol–water partition coefficient (Wildman–Crippen LogP) is 2.49. The molecule has 0 heterocycles. The van der Waals surface area contributed by atoms with E-state index in [2.05, 4.69) is 39.5 Å². The minimum Gasteiger partial charge on any atom is -0.356 e. The maximum absolute atomic E-state index is 7.25. The van der Waals surface area contributed by atoms with E-state index < -0.39 is 0 Å². The highest BCUT2D eigenvalue weighted by atomic mass is 15.2. The first kappa shape index (κ1) is 10.5. The molecule has 0 radical (unpaired) electrons. The smallest absolute Gasteiger partial charge is 0.0824 e. The molecule has 1 unspecified atom stereocenters. The van der Waals surface area contributed by atoms with E-state index in [1.165, 1.54) is 6.34 Å². The van der Waals surface area contributed by atoms with Gasteiger partial charge in [0.2, 0.25) is 0 Å². The molecule has 66 valence electrons. The summed E-state index contributed by atoms with van der Waals surface area (Å²) in [4.78, 5) is 2.08. The van der Waals surface area contributed by atoms with Crippen molar-refractivity contribution < 1.29 is 0 Å². The van der Waals surface area contributed by atoms with E-state index in [0.717, 1.165) is 6.42 Å². The maximum Gasteiger partial charge on any atom is 0.0824 e. The van der Waals surface area contributed by atoms with Crippen LogP contribution < -0.4 is 0 Å². The fraction of sp³-hybridized carbons (Fsp3) is 0.889. The summed E-state index contributed by atoms with van der Waals surface area (Å²) >= 11 is 0. The van der Waals surface area contributed by atoms with Gasteiger partial charge in [-0.1, -0.05) is 6.92 Å². The molecule has 0 spiro atoms. The van der Waals surface area contributed by atoms with Gasteiger partial charge in [-0.05, 0) is 34.1 Å². The van der Waals surface area contributed by atoms with Gasteiger partial charge in [0.05, 0.1) is 6.34 Å². The quantitative estimate of drug-likeness (QED) is 0.493. The van der Waals surface area contributed by atoms with Gasteiger partial charge in [0.15, 0.2) is 0 Å². The van der Waals surface area contributed by atoms with E-state index in [1.807, 2.05) is 0 Å². The van der Waals surface area contributed by atoms with Crippen LogP contribution in [0, 0.1) is 5.41 Å². The van der Waals surface area contributed by atoms with Crippen LogP contribution in [0.4, 0.5) is 0 Å². The molecule has 2 nitrogen and oxygen atoms in total. The molecule has 0 fully saturated rings. The summed E-state index contributed by atoms with van der Waals surface area (Å²) in [7, 11) is 0. The van der Waals surface area contributed by atoms with Crippen LogP contribution in [-0.4, -0.2) is 22.8 Å². The molecule has 1 atom stereocenters. The third-order valence-corrected chi connectivity index (χ3v) is 1.98. The van der Waals surface area contributed by atoms with E-state index >= 15 is 0 Å². The Kier molecular flexibility index (Phi) is 3.56. The van der Waals surface area contributed by atoms with Crippen LogP contribution in [0.2, 0.25) is 0 Å². The maximum atomic E-state index is 7.25. The van der Waals surface area contributed by atoms with Crippen molar-refractivity contribution in [3.63, 3.8) is 0 Å². The molecule has 0 aromatic heterocycles. The first-order chi connectivity index (χ1) is 4.93. The van der Waals surface area contributed by atoms with Crippen molar-refractivity contribution in [3.8, 4) is 0 Å². The Balaban J connectivity index is 4.28. The monoisotopic (exact) mass is 156 g/mol. The highest BCUT2D eigenvalue weighted by Gasteiger charge is 2.21. The van der Waals surface area contributed by atoms with Gasteiger partial charge in [0.1, 0.15) is 0 Å². The lowest BCUT2D eigenvalue weighted by Crippen LogP contribution is -2.45. The average molecular weight is 156 g/mol. The van der Waals surface area contributed by atoms with Crippen molar-refractivity contribution in [1.82, 2.24) is 4.90 Å². The minimum absolute atomic E-state index is 0.0805. The van der Waals surface area contributed by atoms with Crippen LogP contribution in [0.5, 0.6) is 0 Å². The number of nitrogens with zero attached hydrogens (tertiary/aromatic N) is 1. The minimum atomic E-state index is 0.0805. The van der Waals surface area contributed by atoms with Gasteiger partial charge in [-0.2, -0.15) is 0 Å². The van der Waals surface area contributed by atoms with Crippen LogP contribution in [0.3, 0.4) is 0 Å². The third kappa shape index (κ3) is 2.91. The Morgan fingerprint density at radius 3 is 2.00 bits per heavy atom. The lowest BCUT2D eigenvalue weighted by molar-refractivity contribution is 0.187. The summed E-state index contributed by atoms with van der Waals surface area (Å²) in [5, 5.41) is 7.25. The summed E-state index contributed by atoms with van der Waals surface area (Å²) in [5.41, 5.74) is 0.0805. The van der Waals surface area contributed by atoms with Crippen molar-refractivity contribution in [2.45, 2.75) is 52.6 Å². The van der Waals surface area contributed by atoms with Gasteiger partial charge < -0.3 is 4.90 Å². The van der Waals surface area contributed by atoms with Crippen molar-refractivity contribution >= 4 is 6.34 Å². The first-order valence-corrected chi connectivity index (χ1v) is 4.22. The molecule has 0 aliphatic rings. The van der Waals surface area contributed by atoms with Crippen LogP contribution in [0.15, 0.2) is 0 Å². The zero-order chi connectivity index (χ0) is 9.07. The van der Waals surface area contributed by atoms with E-state index in [0.29, 0.717) is 6.04 Å².